The summed E-state index contributed by atoms with van der Waals surface area (Å²) in [5.41, 5.74) is 0.718. The molecule has 1 aromatic rings. The van der Waals surface area contributed by atoms with Crippen LogP contribution in [0.4, 0.5) is 5.69 Å². The van der Waals surface area contributed by atoms with Gasteiger partial charge in [0.25, 0.3) is 0 Å². The number of carboxylic acid groups (broad SMARTS) is 1. The van der Waals surface area contributed by atoms with Gasteiger partial charge in [0.1, 0.15) is 12.3 Å². The van der Waals surface area contributed by atoms with Crippen molar-refractivity contribution >= 4 is 17.4 Å². The number of anilines is 1. The summed E-state index contributed by atoms with van der Waals surface area (Å²) < 4.78 is 0. The smallest absolute Gasteiger partial charge is 0.322 e. The first kappa shape index (κ1) is 12.0. The number of carbonyl (C=O) groups is 2. The third-order valence-electron chi connectivity index (χ3n) is 2.06. The predicted octanol–water partition coefficient (Wildman–Crippen LogP) is 1.48. The molecule has 1 aromatic carbocycles. The maximum Gasteiger partial charge on any atom is 0.322 e. The first-order valence-electron chi connectivity index (χ1n) is 4.86. The lowest BCUT2D eigenvalue weighted by Gasteiger charge is -2.06. The molecule has 3 N–H and O–H groups in total. The van der Waals surface area contributed by atoms with Crippen molar-refractivity contribution < 1.29 is 19.8 Å². The Kier molecular flexibility index (Phi) is 3.88. The summed E-state index contributed by atoms with van der Waals surface area (Å²) in [6, 6.07) is 4.38. The van der Waals surface area contributed by atoms with Crippen LogP contribution in [-0.2, 0) is 4.79 Å². The molecular weight excluding hydrogens is 210 g/mol. The summed E-state index contributed by atoms with van der Waals surface area (Å²) >= 11 is 0. The van der Waals surface area contributed by atoms with Crippen molar-refractivity contribution in [2.45, 2.75) is 13.3 Å². The number of carbonyl (C=O) groups excluding carboxylic acids is 1. The molecule has 5 heteroatoms. The maximum absolute atomic E-state index is 11.3. The van der Waals surface area contributed by atoms with Crippen LogP contribution in [0.1, 0.15) is 23.7 Å². The average Bonchev–Trinajstić information content (AvgIpc) is 2.25. The van der Waals surface area contributed by atoms with Crippen LogP contribution in [0.15, 0.2) is 18.2 Å². The lowest BCUT2D eigenvalue weighted by molar-refractivity contribution is -0.134. The van der Waals surface area contributed by atoms with Crippen molar-refractivity contribution in [2.24, 2.45) is 0 Å². The van der Waals surface area contributed by atoms with E-state index in [1.54, 1.807) is 13.0 Å². The van der Waals surface area contributed by atoms with E-state index < -0.39 is 5.97 Å². The number of Topliss-reactive ketones (excluding diaryl/α,β-unsaturated/α-hetero) is 1. The van der Waals surface area contributed by atoms with E-state index in [0.717, 1.165) is 0 Å². The Balaban J connectivity index is 2.82. The van der Waals surface area contributed by atoms with Gasteiger partial charge >= 0.3 is 5.97 Å². The van der Waals surface area contributed by atoms with Gasteiger partial charge < -0.3 is 15.5 Å². The molecule has 16 heavy (non-hydrogen) atoms. The number of aliphatic carboxylic acids is 1. The van der Waals surface area contributed by atoms with Crippen molar-refractivity contribution in [1.82, 2.24) is 0 Å². The molecule has 0 aromatic heterocycles. The number of hydrogen-bond donors (Lipinski definition) is 3. The minimum absolute atomic E-state index is 0.137. The lowest BCUT2D eigenvalue weighted by atomic mass is 10.1. The SMILES string of the molecule is CCC(=O)c1ccc(NCC(=O)O)cc1O. The molecule has 1 rings (SSSR count). The standard InChI is InChI=1S/C11H13NO4/c1-2-9(13)8-4-3-7(5-10(8)14)12-6-11(15)16/h3-5,12,14H,2,6H2,1H3,(H,15,16). The fourth-order valence-corrected chi connectivity index (χ4v) is 1.25. The van der Waals surface area contributed by atoms with Gasteiger partial charge in [-0.15, -0.1) is 0 Å². The zero-order chi connectivity index (χ0) is 12.1. The Morgan fingerprint density at radius 3 is 2.56 bits per heavy atom. The van der Waals surface area contributed by atoms with E-state index >= 15 is 0 Å². The van der Waals surface area contributed by atoms with E-state index in [1.807, 2.05) is 0 Å². The van der Waals surface area contributed by atoms with Gasteiger partial charge in [0.2, 0.25) is 0 Å². The molecule has 86 valence electrons. The van der Waals surface area contributed by atoms with Gasteiger partial charge in [-0.05, 0) is 12.1 Å². The number of phenols is 1. The predicted molar refractivity (Wildman–Crippen MR) is 58.9 cm³/mol. The zero-order valence-electron chi connectivity index (χ0n) is 8.86. The summed E-state index contributed by atoms with van der Waals surface area (Å²) in [6.45, 7) is 1.47. The van der Waals surface area contributed by atoms with Gasteiger partial charge in [0, 0.05) is 18.2 Å². The number of ketones is 1. The first-order valence-corrected chi connectivity index (χ1v) is 4.86. The Bertz CT molecular complexity index is 414. The molecule has 0 heterocycles. The van der Waals surface area contributed by atoms with E-state index in [1.165, 1.54) is 12.1 Å². The minimum atomic E-state index is -0.992. The van der Waals surface area contributed by atoms with Crippen LogP contribution in [0.3, 0.4) is 0 Å². The van der Waals surface area contributed by atoms with Crippen LogP contribution < -0.4 is 5.32 Å². The summed E-state index contributed by atoms with van der Waals surface area (Å²) in [5, 5.41) is 20.6. The molecule has 0 radical (unpaired) electrons. The van der Waals surface area contributed by atoms with E-state index in [4.69, 9.17) is 5.11 Å². The fraction of sp³-hybridized carbons (Fsp3) is 0.273. The second-order valence-corrected chi connectivity index (χ2v) is 3.26. The molecule has 0 fully saturated rings. The Morgan fingerprint density at radius 2 is 2.06 bits per heavy atom. The van der Waals surface area contributed by atoms with Crippen molar-refractivity contribution in [1.29, 1.82) is 0 Å². The number of carboxylic acids is 1. The van der Waals surface area contributed by atoms with Crippen LogP contribution >= 0.6 is 0 Å². The number of nitrogens with one attached hydrogen (secondary N) is 1. The van der Waals surface area contributed by atoms with Crippen LogP contribution in [-0.4, -0.2) is 28.5 Å². The monoisotopic (exact) mass is 223 g/mol. The van der Waals surface area contributed by atoms with Crippen molar-refractivity contribution in [2.75, 3.05) is 11.9 Å². The van der Waals surface area contributed by atoms with Gasteiger partial charge in [-0.3, -0.25) is 9.59 Å². The lowest BCUT2D eigenvalue weighted by Crippen LogP contribution is -2.12. The third-order valence-corrected chi connectivity index (χ3v) is 2.06. The maximum atomic E-state index is 11.3. The van der Waals surface area contributed by atoms with Gasteiger partial charge in [-0.2, -0.15) is 0 Å². The molecule has 0 amide bonds. The van der Waals surface area contributed by atoms with Crippen LogP contribution in [0, 0.1) is 0 Å². The van der Waals surface area contributed by atoms with E-state index in [2.05, 4.69) is 5.32 Å². The van der Waals surface area contributed by atoms with Crippen molar-refractivity contribution in [3.05, 3.63) is 23.8 Å². The van der Waals surface area contributed by atoms with Crippen molar-refractivity contribution in [3.63, 3.8) is 0 Å². The molecule has 0 aliphatic rings. The summed E-state index contributed by atoms with van der Waals surface area (Å²) in [7, 11) is 0. The summed E-state index contributed by atoms with van der Waals surface area (Å²) in [4.78, 5) is 21.6. The van der Waals surface area contributed by atoms with Gasteiger partial charge in [-0.25, -0.2) is 0 Å². The second kappa shape index (κ2) is 5.16. The molecule has 0 aliphatic carbocycles. The highest BCUT2D eigenvalue weighted by Crippen LogP contribution is 2.22. The number of phenolic OH excluding ortho intramolecular Hbond substituents is 1. The Labute approximate surface area is 92.7 Å². The topological polar surface area (TPSA) is 86.6 Å². The van der Waals surface area contributed by atoms with Gasteiger partial charge in [0.15, 0.2) is 5.78 Å². The Hall–Kier alpha value is -2.04. The normalized spacial score (nSPS) is 9.81. The number of aromatic hydroxyl groups is 1. The van der Waals surface area contributed by atoms with Crippen LogP contribution in [0.2, 0.25) is 0 Å². The Morgan fingerprint density at radius 1 is 1.38 bits per heavy atom. The highest BCUT2D eigenvalue weighted by Gasteiger charge is 2.09. The molecule has 5 nitrogen and oxygen atoms in total. The summed E-state index contributed by atoms with van der Waals surface area (Å²) in [5.74, 6) is -1.28. The molecule has 0 bridgehead atoms. The second-order valence-electron chi connectivity index (χ2n) is 3.26. The highest BCUT2D eigenvalue weighted by atomic mass is 16.4. The molecular formula is C11H13NO4. The molecule has 0 saturated heterocycles. The molecule has 0 spiro atoms. The zero-order valence-corrected chi connectivity index (χ0v) is 8.86. The first-order chi connectivity index (χ1) is 7.54. The van der Waals surface area contributed by atoms with Gasteiger partial charge in [0.05, 0.1) is 5.56 Å². The van der Waals surface area contributed by atoms with E-state index in [0.29, 0.717) is 12.1 Å². The number of hydrogen-bond acceptors (Lipinski definition) is 4. The number of benzene rings is 1. The van der Waals surface area contributed by atoms with E-state index in [9.17, 15) is 14.7 Å². The molecule has 0 aliphatic heterocycles. The fourth-order valence-electron chi connectivity index (χ4n) is 1.25. The molecule has 0 unspecified atom stereocenters. The highest BCUT2D eigenvalue weighted by molar-refractivity contribution is 5.98. The van der Waals surface area contributed by atoms with Crippen molar-refractivity contribution in [3.8, 4) is 5.75 Å². The summed E-state index contributed by atoms with van der Waals surface area (Å²) in [6.07, 6.45) is 0.315. The minimum Gasteiger partial charge on any atom is -0.507 e. The average molecular weight is 223 g/mol. The third kappa shape index (κ3) is 2.98. The van der Waals surface area contributed by atoms with Crippen LogP contribution in [0.5, 0.6) is 5.75 Å². The van der Waals surface area contributed by atoms with Gasteiger partial charge in [-0.1, -0.05) is 6.92 Å². The molecule has 0 atom stereocenters. The molecule has 0 saturated carbocycles. The van der Waals surface area contributed by atoms with Crippen LogP contribution in [0.25, 0.3) is 0 Å². The largest absolute Gasteiger partial charge is 0.507 e. The quantitative estimate of drug-likeness (QED) is 0.658. The van der Waals surface area contributed by atoms with E-state index in [-0.39, 0.29) is 23.6 Å². The number of rotatable bonds is 5.